The highest BCUT2D eigenvalue weighted by atomic mass is 19.1. The molecule has 4 bridgehead atoms. The van der Waals surface area contributed by atoms with Crippen LogP contribution in [0.25, 0.3) is 0 Å². The van der Waals surface area contributed by atoms with Crippen LogP contribution >= 0.6 is 0 Å². The van der Waals surface area contributed by atoms with Gasteiger partial charge in [0, 0.05) is 36.2 Å². The van der Waals surface area contributed by atoms with E-state index in [0.29, 0.717) is 36.5 Å². The van der Waals surface area contributed by atoms with Gasteiger partial charge >= 0.3 is 0 Å². The summed E-state index contributed by atoms with van der Waals surface area (Å²) >= 11 is 0. The maximum Gasteiger partial charge on any atom is 0.237 e. The fourth-order valence-corrected chi connectivity index (χ4v) is 7.94. The van der Waals surface area contributed by atoms with E-state index in [4.69, 9.17) is 5.73 Å². The summed E-state index contributed by atoms with van der Waals surface area (Å²) in [7, 11) is 0. The zero-order valence-electron chi connectivity index (χ0n) is 20.1. The van der Waals surface area contributed by atoms with Crippen LogP contribution in [0, 0.1) is 34.9 Å². The number of aromatic nitrogens is 1. The van der Waals surface area contributed by atoms with Crippen LogP contribution in [-0.2, 0) is 21.4 Å². The maximum atomic E-state index is 13.5. The molecule has 3 unspecified atom stereocenters. The van der Waals surface area contributed by atoms with Gasteiger partial charge in [-0.25, -0.2) is 4.39 Å². The first-order valence-corrected chi connectivity index (χ1v) is 13.1. The number of hydrogen-bond donors (Lipinski definition) is 2. The number of nitrogens with two attached hydrogens (primary N) is 1. The Balaban J connectivity index is 1.11. The van der Waals surface area contributed by atoms with E-state index in [1.807, 2.05) is 24.3 Å². The van der Waals surface area contributed by atoms with Crippen LogP contribution in [0.4, 0.5) is 4.39 Å². The highest BCUT2D eigenvalue weighted by Crippen LogP contribution is 2.63. The molecule has 5 aliphatic carbocycles. The van der Waals surface area contributed by atoms with Gasteiger partial charge in [-0.05, 0) is 104 Å². The molecule has 5 nitrogen and oxygen atoms in total. The number of halogens is 1. The number of Topliss-reactive ketones (excluding diaryl/α,β-unsaturated/α-hetero) is 1. The summed E-state index contributed by atoms with van der Waals surface area (Å²) in [5, 5.41) is 3.14. The van der Waals surface area contributed by atoms with Crippen LogP contribution < -0.4 is 11.1 Å². The molecule has 35 heavy (non-hydrogen) atoms. The molecule has 184 valence electrons. The van der Waals surface area contributed by atoms with Gasteiger partial charge in [-0.1, -0.05) is 12.1 Å². The highest BCUT2D eigenvalue weighted by molar-refractivity contribution is 5.87. The molecule has 2 aromatic rings. The quantitative estimate of drug-likeness (QED) is 0.606. The number of ketones is 1. The van der Waals surface area contributed by atoms with Crippen LogP contribution in [0.3, 0.4) is 0 Å². The van der Waals surface area contributed by atoms with E-state index in [0.717, 1.165) is 56.1 Å². The Kier molecular flexibility index (Phi) is 5.55. The van der Waals surface area contributed by atoms with Gasteiger partial charge in [-0.3, -0.25) is 14.6 Å². The number of nitrogens with one attached hydrogen (secondary N) is 1. The van der Waals surface area contributed by atoms with Crippen LogP contribution in [0.1, 0.15) is 56.1 Å². The fraction of sp³-hybridized carbons (Fsp3) is 0.552. The van der Waals surface area contributed by atoms with E-state index in [9.17, 15) is 14.0 Å². The smallest absolute Gasteiger partial charge is 0.237 e. The lowest BCUT2D eigenvalue weighted by Crippen LogP contribution is -2.61. The molecule has 7 rings (SSSR count). The van der Waals surface area contributed by atoms with E-state index >= 15 is 0 Å². The first-order chi connectivity index (χ1) is 16.9. The van der Waals surface area contributed by atoms with Gasteiger partial charge in [-0.2, -0.15) is 0 Å². The average molecular weight is 476 g/mol. The number of carbonyl (C=O) groups is 2. The second-order valence-electron chi connectivity index (χ2n) is 11.8. The third-order valence-corrected chi connectivity index (χ3v) is 9.68. The number of pyridine rings is 1. The van der Waals surface area contributed by atoms with Gasteiger partial charge in [0.2, 0.25) is 5.91 Å². The van der Waals surface area contributed by atoms with E-state index in [2.05, 4.69) is 10.3 Å². The molecular formula is C29H34FN3O2. The van der Waals surface area contributed by atoms with Crippen molar-refractivity contribution in [3.05, 3.63) is 65.7 Å². The molecule has 6 heteroatoms. The molecule has 5 aliphatic rings. The minimum absolute atomic E-state index is 0.0759. The van der Waals surface area contributed by atoms with Crippen molar-refractivity contribution in [2.45, 2.75) is 62.8 Å². The highest BCUT2D eigenvalue weighted by Gasteiger charge is 2.59. The van der Waals surface area contributed by atoms with Crippen molar-refractivity contribution in [3.63, 3.8) is 0 Å². The molecule has 0 saturated heterocycles. The molecular weight excluding hydrogens is 441 g/mol. The minimum Gasteiger partial charge on any atom is -0.354 e. The van der Waals surface area contributed by atoms with Crippen LogP contribution in [-0.4, -0.2) is 29.3 Å². The summed E-state index contributed by atoms with van der Waals surface area (Å²) in [4.78, 5) is 30.8. The molecule has 3 N–H and O–H groups in total. The fourth-order valence-electron chi connectivity index (χ4n) is 7.94. The standard InChI is InChI=1S/C29H34FN3O2/c30-23-3-1-22(2-4-23)28(7-8-28)17-33-27(35)26(31)25-20-11-19-12-21(25)16-29(14-19,15-20)24(34)13-18-5-9-32-10-6-18/h1-6,9-10,19-21,25-26H,7-8,11-17,31H2,(H,33,35). The first-order valence-electron chi connectivity index (χ1n) is 13.1. The van der Waals surface area contributed by atoms with Gasteiger partial charge in [0.15, 0.2) is 0 Å². The van der Waals surface area contributed by atoms with E-state index in [1.54, 1.807) is 12.4 Å². The normalized spacial score (nSPS) is 32.7. The topological polar surface area (TPSA) is 85.1 Å². The van der Waals surface area contributed by atoms with Gasteiger partial charge in [0.1, 0.15) is 11.6 Å². The summed E-state index contributed by atoms with van der Waals surface area (Å²) in [5.74, 6) is 1.45. The van der Waals surface area contributed by atoms with Crippen molar-refractivity contribution in [1.29, 1.82) is 0 Å². The minimum atomic E-state index is -0.540. The number of hydrogen-bond acceptors (Lipinski definition) is 4. The molecule has 0 radical (unpaired) electrons. The second kappa shape index (κ2) is 8.51. The number of amides is 1. The molecule has 1 heterocycles. The lowest BCUT2D eigenvalue weighted by molar-refractivity contribution is -0.153. The summed E-state index contributed by atoms with van der Waals surface area (Å²) < 4.78 is 13.3. The van der Waals surface area contributed by atoms with Gasteiger partial charge < -0.3 is 11.1 Å². The third-order valence-electron chi connectivity index (χ3n) is 9.68. The molecule has 5 fully saturated rings. The SMILES string of the molecule is NC(C(=O)NCC1(c2ccc(F)cc2)CC1)C1C2CC3CC1CC(C(=O)Cc1ccncc1)(C3)C2. The predicted octanol–water partition coefficient (Wildman–Crippen LogP) is 3.95. The molecule has 0 aliphatic heterocycles. The van der Waals surface area contributed by atoms with E-state index < -0.39 is 6.04 Å². The Labute approximate surface area is 206 Å². The molecule has 3 atom stereocenters. The van der Waals surface area contributed by atoms with Crippen molar-refractivity contribution in [3.8, 4) is 0 Å². The van der Waals surface area contributed by atoms with Gasteiger partial charge in [0.05, 0.1) is 6.04 Å². The van der Waals surface area contributed by atoms with Crippen molar-refractivity contribution in [1.82, 2.24) is 10.3 Å². The number of rotatable bonds is 8. The Hall–Kier alpha value is -2.60. The van der Waals surface area contributed by atoms with Crippen LogP contribution in [0.5, 0.6) is 0 Å². The first kappa shape index (κ1) is 22.8. The van der Waals surface area contributed by atoms with Crippen LogP contribution in [0.2, 0.25) is 0 Å². The zero-order chi connectivity index (χ0) is 24.2. The van der Waals surface area contributed by atoms with E-state index in [-0.39, 0.29) is 28.5 Å². The second-order valence-corrected chi connectivity index (χ2v) is 11.8. The van der Waals surface area contributed by atoms with Gasteiger partial charge in [0.25, 0.3) is 0 Å². The van der Waals surface area contributed by atoms with Gasteiger partial charge in [-0.15, -0.1) is 0 Å². The summed E-state index contributed by atoms with van der Waals surface area (Å²) in [6.07, 6.45) is 10.9. The summed E-state index contributed by atoms with van der Waals surface area (Å²) in [5.41, 5.74) is 8.42. The Morgan fingerprint density at radius 1 is 1.03 bits per heavy atom. The molecule has 1 aromatic carbocycles. The monoisotopic (exact) mass is 475 g/mol. The average Bonchev–Trinajstić information content (AvgIpc) is 3.64. The predicted molar refractivity (Wildman–Crippen MR) is 131 cm³/mol. The molecule has 1 amide bonds. The molecule has 5 saturated carbocycles. The summed E-state index contributed by atoms with van der Waals surface area (Å²) in [6.45, 7) is 0.546. The molecule has 1 aromatic heterocycles. The van der Waals surface area contributed by atoms with Crippen molar-refractivity contribution >= 4 is 11.7 Å². The Morgan fingerprint density at radius 2 is 1.69 bits per heavy atom. The van der Waals surface area contributed by atoms with Crippen molar-refractivity contribution in [2.24, 2.45) is 34.8 Å². The number of benzene rings is 1. The van der Waals surface area contributed by atoms with Crippen molar-refractivity contribution in [2.75, 3.05) is 6.54 Å². The molecule has 0 spiro atoms. The number of nitrogens with zero attached hydrogens (tertiary/aromatic N) is 1. The Morgan fingerprint density at radius 3 is 2.31 bits per heavy atom. The van der Waals surface area contributed by atoms with Crippen molar-refractivity contribution < 1.29 is 14.0 Å². The van der Waals surface area contributed by atoms with Crippen LogP contribution in [0.15, 0.2) is 48.8 Å². The maximum absolute atomic E-state index is 13.5. The Bertz CT molecular complexity index is 1100. The largest absolute Gasteiger partial charge is 0.354 e. The lowest BCUT2D eigenvalue weighted by Gasteiger charge is -2.60. The lowest BCUT2D eigenvalue weighted by atomic mass is 9.44. The third kappa shape index (κ3) is 4.10. The number of carbonyl (C=O) groups excluding carboxylic acids is 2. The summed E-state index contributed by atoms with van der Waals surface area (Å²) in [6, 6.07) is 9.96. The van der Waals surface area contributed by atoms with E-state index in [1.165, 1.54) is 12.1 Å². The zero-order valence-corrected chi connectivity index (χ0v) is 20.1.